The second kappa shape index (κ2) is 12.0. The largest absolute Gasteiger partial charge is 0.350 e. The van der Waals surface area contributed by atoms with Gasteiger partial charge in [-0.3, -0.25) is 14.6 Å². The van der Waals surface area contributed by atoms with Crippen molar-refractivity contribution in [1.29, 1.82) is 0 Å². The van der Waals surface area contributed by atoms with Gasteiger partial charge in [-0.05, 0) is 46.5 Å². The number of aromatic nitrogens is 1. The summed E-state index contributed by atoms with van der Waals surface area (Å²) in [6.07, 6.45) is 3.56. The van der Waals surface area contributed by atoms with Gasteiger partial charge in [0.1, 0.15) is 6.04 Å². The Balaban J connectivity index is 1.66. The molecule has 0 bridgehead atoms. The maximum Gasteiger partial charge on any atom is 0.247 e. The molecule has 0 saturated carbocycles. The van der Waals surface area contributed by atoms with Gasteiger partial charge in [-0.1, -0.05) is 84.4 Å². The number of carbonyl (C=O) groups excluding carboxylic acids is 2. The molecule has 0 aliphatic heterocycles. The molecule has 176 valence electrons. The zero-order valence-corrected chi connectivity index (χ0v) is 19.9. The summed E-state index contributed by atoms with van der Waals surface area (Å²) in [5.74, 6) is -0.387. The molecule has 1 unspecified atom stereocenters. The van der Waals surface area contributed by atoms with Gasteiger partial charge in [0.05, 0.1) is 6.42 Å². The predicted molar refractivity (Wildman–Crippen MR) is 137 cm³/mol. The Hall–Kier alpha value is -3.96. The number of benzene rings is 3. The van der Waals surface area contributed by atoms with Crippen molar-refractivity contribution in [3.63, 3.8) is 0 Å². The minimum absolute atomic E-state index is 0.140. The first-order valence-electron chi connectivity index (χ1n) is 11.4. The lowest BCUT2D eigenvalue weighted by Gasteiger charge is -2.32. The molecule has 6 heteroatoms. The number of rotatable bonds is 9. The smallest absolute Gasteiger partial charge is 0.247 e. The van der Waals surface area contributed by atoms with Crippen molar-refractivity contribution < 1.29 is 9.59 Å². The maximum absolute atomic E-state index is 13.7. The van der Waals surface area contributed by atoms with Crippen molar-refractivity contribution in [3.8, 4) is 0 Å². The first-order valence-corrected chi connectivity index (χ1v) is 11.8. The molecule has 0 radical (unpaired) electrons. The number of hydrogen-bond acceptors (Lipinski definition) is 3. The van der Waals surface area contributed by atoms with Gasteiger partial charge < -0.3 is 10.2 Å². The zero-order valence-electron chi connectivity index (χ0n) is 19.2. The Kier molecular flexibility index (Phi) is 8.25. The highest BCUT2D eigenvalue weighted by Gasteiger charge is 2.31. The van der Waals surface area contributed by atoms with Crippen LogP contribution in [0.25, 0.3) is 0 Å². The number of nitrogens with zero attached hydrogens (tertiary/aromatic N) is 2. The Morgan fingerprint density at radius 2 is 1.40 bits per heavy atom. The van der Waals surface area contributed by atoms with E-state index in [1.165, 1.54) is 0 Å². The van der Waals surface area contributed by atoms with Crippen molar-refractivity contribution >= 4 is 23.4 Å². The van der Waals surface area contributed by atoms with Crippen LogP contribution < -0.4 is 5.32 Å². The van der Waals surface area contributed by atoms with Gasteiger partial charge in [-0.2, -0.15) is 0 Å². The minimum atomic E-state index is -0.801. The number of halogens is 1. The second-order valence-corrected chi connectivity index (χ2v) is 8.63. The van der Waals surface area contributed by atoms with E-state index < -0.39 is 6.04 Å². The number of hydrogen-bond donors (Lipinski definition) is 1. The second-order valence-electron chi connectivity index (χ2n) is 8.20. The molecule has 1 aromatic heterocycles. The van der Waals surface area contributed by atoms with Crippen LogP contribution in [0.4, 0.5) is 0 Å². The predicted octanol–water partition coefficient (Wildman–Crippen LogP) is 5.36. The van der Waals surface area contributed by atoms with Crippen LogP contribution in [0.5, 0.6) is 0 Å². The summed E-state index contributed by atoms with van der Waals surface area (Å²) in [6.45, 7) is 0.609. The van der Waals surface area contributed by atoms with Crippen LogP contribution in [0.2, 0.25) is 5.02 Å². The summed E-state index contributed by atoms with van der Waals surface area (Å²) in [6, 6.07) is 29.2. The van der Waals surface area contributed by atoms with Crippen LogP contribution in [0.15, 0.2) is 109 Å². The molecule has 4 rings (SSSR count). The molecule has 0 fully saturated rings. The Morgan fingerprint density at radius 3 is 2.06 bits per heavy atom. The molecule has 1 atom stereocenters. The van der Waals surface area contributed by atoms with E-state index in [1.807, 2.05) is 84.9 Å². The lowest BCUT2D eigenvalue weighted by atomic mass is 10.0. The van der Waals surface area contributed by atoms with Crippen LogP contribution in [0, 0.1) is 0 Å². The van der Waals surface area contributed by atoms with E-state index in [4.69, 9.17) is 11.6 Å². The molecular formula is C29H26ClN3O2. The van der Waals surface area contributed by atoms with Crippen molar-refractivity contribution in [1.82, 2.24) is 15.2 Å². The fraction of sp³-hybridized carbons (Fsp3) is 0.138. The van der Waals surface area contributed by atoms with Gasteiger partial charge in [0.25, 0.3) is 0 Å². The SMILES string of the molecule is O=C(NCc1ccncc1)C(c1ccccc1)N(Cc1ccc(Cl)cc1)C(=O)Cc1ccccc1. The van der Waals surface area contributed by atoms with E-state index in [0.29, 0.717) is 11.6 Å². The van der Waals surface area contributed by atoms with Crippen LogP contribution in [0.3, 0.4) is 0 Å². The van der Waals surface area contributed by atoms with E-state index in [2.05, 4.69) is 10.3 Å². The van der Waals surface area contributed by atoms with Crippen LogP contribution in [0.1, 0.15) is 28.3 Å². The molecule has 35 heavy (non-hydrogen) atoms. The molecule has 1 N–H and O–H groups in total. The number of amides is 2. The number of nitrogens with one attached hydrogen (secondary N) is 1. The fourth-order valence-electron chi connectivity index (χ4n) is 3.88. The number of pyridine rings is 1. The first-order chi connectivity index (χ1) is 17.1. The monoisotopic (exact) mass is 483 g/mol. The number of carbonyl (C=O) groups is 2. The summed E-state index contributed by atoms with van der Waals surface area (Å²) in [7, 11) is 0. The maximum atomic E-state index is 13.7. The third-order valence-corrected chi connectivity index (χ3v) is 5.93. The lowest BCUT2D eigenvalue weighted by molar-refractivity contribution is -0.141. The topological polar surface area (TPSA) is 62.3 Å². The highest BCUT2D eigenvalue weighted by atomic mass is 35.5. The van der Waals surface area contributed by atoms with Gasteiger partial charge in [-0.25, -0.2) is 0 Å². The zero-order chi connectivity index (χ0) is 24.5. The average Bonchev–Trinajstić information content (AvgIpc) is 2.90. The molecule has 5 nitrogen and oxygen atoms in total. The van der Waals surface area contributed by atoms with E-state index in [-0.39, 0.29) is 24.8 Å². The summed E-state index contributed by atoms with van der Waals surface area (Å²) >= 11 is 6.08. The van der Waals surface area contributed by atoms with Crippen LogP contribution >= 0.6 is 11.6 Å². The summed E-state index contributed by atoms with van der Waals surface area (Å²) in [4.78, 5) is 33.0. The summed E-state index contributed by atoms with van der Waals surface area (Å²) in [5, 5.41) is 3.63. The normalized spacial score (nSPS) is 11.5. The van der Waals surface area contributed by atoms with E-state index in [9.17, 15) is 9.59 Å². The molecule has 3 aromatic carbocycles. The third kappa shape index (κ3) is 6.78. The van der Waals surface area contributed by atoms with Crippen molar-refractivity contribution in [3.05, 3.63) is 137 Å². The van der Waals surface area contributed by atoms with Crippen LogP contribution in [-0.4, -0.2) is 21.7 Å². The Labute approximate surface area is 210 Å². The quantitative estimate of drug-likeness (QED) is 0.348. The molecule has 0 saturated heterocycles. The van der Waals surface area contributed by atoms with Gasteiger partial charge in [0.2, 0.25) is 11.8 Å². The van der Waals surface area contributed by atoms with E-state index in [0.717, 1.165) is 22.3 Å². The standard InChI is InChI=1S/C29H26ClN3O2/c30-26-13-11-24(12-14-26)21-33(27(34)19-22-7-3-1-4-8-22)28(25-9-5-2-6-10-25)29(35)32-20-23-15-17-31-18-16-23/h1-18,28H,19-21H2,(H,32,35). The Morgan fingerprint density at radius 1 is 0.771 bits per heavy atom. The van der Waals surface area contributed by atoms with Gasteiger partial charge in [-0.15, -0.1) is 0 Å². The van der Waals surface area contributed by atoms with Gasteiger partial charge >= 0.3 is 0 Å². The summed E-state index contributed by atoms with van der Waals surface area (Å²) < 4.78 is 0. The summed E-state index contributed by atoms with van der Waals surface area (Å²) in [5.41, 5.74) is 3.46. The Bertz CT molecular complexity index is 1230. The van der Waals surface area contributed by atoms with Gasteiger partial charge in [0, 0.05) is 30.5 Å². The lowest BCUT2D eigenvalue weighted by Crippen LogP contribution is -2.43. The average molecular weight is 484 g/mol. The molecular weight excluding hydrogens is 458 g/mol. The third-order valence-electron chi connectivity index (χ3n) is 5.68. The molecule has 0 aliphatic carbocycles. The van der Waals surface area contributed by atoms with E-state index >= 15 is 0 Å². The molecule has 0 aliphatic rings. The highest BCUT2D eigenvalue weighted by Crippen LogP contribution is 2.25. The molecule has 0 spiro atoms. The van der Waals surface area contributed by atoms with Crippen molar-refractivity contribution in [2.75, 3.05) is 0 Å². The van der Waals surface area contributed by atoms with Crippen molar-refractivity contribution in [2.24, 2.45) is 0 Å². The minimum Gasteiger partial charge on any atom is -0.350 e. The van der Waals surface area contributed by atoms with E-state index in [1.54, 1.807) is 29.4 Å². The van der Waals surface area contributed by atoms with Crippen LogP contribution in [-0.2, 0) is 29.1 Å². The van der Waals surface area contributed by atoms with Gasteiger partial charge in [0.15, 0.2) is 0 Å². The molecule has 4 aromatic rings. The molecule has 2 amide bonds. The highest BCUT2D eigenvalue weighted by molar-refractivity contribution is 6.30. The first kappa shape index (κ1) is 24.2. The fourth-order valence-corrected chi connectivity index (χ4v) is 4.00. The molecule has 1 heterocycles. The van der Waals surface area contributed by atoms with Crippen molar-refractivity contribution in [2.45, 2.75) is 25.6 Å².